The van der Waals surface area contributed by atoms with Crippen LogP contribution in [0.5, 0.6) is 0 Å². The van der Waals surface area contributed by atoms with E-state index in [-0.39, 0.29) is 10.9 Å². The minimum atomic E-state index is -0.389. The van der Waals surface area contributed by atoms with Crippen LogP contribution in [0.1, 0.15) is 5.69 Å². The quantitative estimate of drug-likeness (QED) is 0.410. The molecule has 0 aliphatic heterocycles. The molecule has 0 unspecified atom stereocenters. The second-order valence-electron chi connectivity index (χ2n) is 2.14. The summed E-state index contributed by atoms with van der Waals surface area (Å²) >= 11 is 4.50. The predicted molar refractivity (Wildman–Crippen MR) is 51.7 cm³/mol. The molecule has 0 fully saturated rings. The molecular formula is C7H7FN4S. The van der Waals surface area contributed by atoms with Crippen molar-refractivity contribution >= 4 is 23.5 Å². The maximum Gasteiger partial charge on any atom is 0.184 e. The van der Waals surface area contributed by atoms with Gasteiger partial charge in [0, 0.05) is 0 Å². The molecule has 1 heterocycles. The van der Waals surface area contributed by atoms with Crippen molar-refractivity contribution in [2.75, 3.05) is 0 Å². The van der Waals surface area contributed by atoms with Crippen molar-refractivity contribution in [3.8, 4) is 0 Å². The highest BCUT2D eigenvalue weighted by Crippen LogP contribution is 1.94. The maximum atomic E-state index is 12.4. The normalized spacial score (nSPS) is 10.2. The van der Waals surface area contributed by atoms with Crippen molar-refractivity contribution < 1.29 is 4.39 Å². The van der Waals surface area contributed by atoms with Gasteiger partial charge in [0.1, 0.15) is 5.82 Å². The average molecular weight is 198 g/mol. The molecule has 0 aliphatic rings. The van der Waals surface area contributed by atoms with Crippen LogP contribution in [-0.4, -0.2) is 16.3 Å². The number of rotatable bonds is 2. The number of hydrogen-bond acceptors (Lipinski definition) is 3. The molecule has 6 heteroatoms. The zero-order chi connectivity index (χ0) is 9.68. The summed E-state index contributed by atoms with van der Waals surface area (Å²) in [6.07, 6.45) is 2.49. The van der Waals surface area contributed by atoms with E-state index in [0.29, 0.717) is 5.69 Å². The first-order chi connectivity index (χ1) is 6.18. The van der Waals surface area contributed by atoms with E-state index in [1.807, 2.05) is 0 Å². The second kappa shape index (κ2) is 4.46. The van der Waals surface area contributed by atoms with E-state index < -0.39 is 0 Å². The van der Waals surface area contributed by atoms with Gasteiger partial charge in [-0.3, -0.25) is 10.4 Å². The number of halogens is 1. The molecule has 0 aromatic carbocycles. The van der Waals surface area contributed by atoms with Gasteiger partial charge in [0.05, 0.1) is 18.1 Å². The fraction of sp³-hybridized carbons (Fsp3) is 0. The van der Waals surface area contributed by atoms with E-state index >= 15 is 0 Å². The van der Waals surface area contributed by atoms with Crippen molar-refractivity contribution in [3.05, 3.63) is 29.8 Å². The van der Waals surface area contributed by atoms with E-state index in [1.54, 1.807) is 0 Å². The molecule has 4 nitrogen and oxygen atoms in total. The Balaban J connectivity index is 2.59. The lowest BCUT2D eigenvalue weighted by Gasteiger charge is -1.93. The van der Waals surface area contributed by atoms with Crippen LogP contribution in [0.2, 0.25) is 0 Å². The minimum Gasteiger partial charge on any atom is -0.375 e. The number of nitrogens with one attached hydrogen (secondary N) is 1. The molecule has 0 spiro atoms. The predicted octanol–water partition coefficient (Wildman–Crippen LogP) is 0.388. The molecule has 1 aromatic rings. The molecule has 13 heavy (non-hydrogen) atoms. The molecule has 0 saturated heterocycles. The monoisotopic (exact) mass is 198 g/mol. The SMILES string of the molecule is NC(=S)N/N=C/c1ccc(F)cn1. The van der Waals surface area contributed by atoms with E-state index in [2.05, 4.69) is 27.7 Å². The summed E-state index contributed by atoms with van der Waals surface area (Å²) in [4.78, 5) is 3.73. The van der Waals surface area contributed by atoms with Gasteiger partial charge in [-0.05, 0) is 24.4 Å². The molecule has 0 saturated carbocycles. The Kier molecular flexibility index (Phi) is 3.27. The number of nitrogens with zero attached hydrogens (tertiary/aromatic N) is 2. The highest BCUT2D eigenvalue weighted by Gasteiger charge is 1.90. The van der Waals surface area contributed by atoms with Crippen LogP contribution in [0.25, 0.3) is 0 Å². The highest BCUT2D eigenvalue weighted by atomic mass is 32.1. The fourth-order valence-electron chi connectivity index (χ4n) is 0.626. The van der Waals surface area contributed by atoms with Gasteiger partial charge in [-0.25, -0.2) is 4.39 Å². The number of hydrogen-bond donors (Lipinski definition) is 2. The van der Waals surface area contributed by atoms with Gasteiger partial charge < -0.3 is 5.73 Å². The van der Waals surface area contributed by atoms with Crippen LogP contribution in [-0.2, 0) is 0 Å². The van der Waals surface area contributed by atoms with Crippen molar-refractivity contribution in [1.82, 2.24) is 10.4 Å². The van der Waals surface area contributed by atoms with Gasteiger partial charge in [-0.1, -0.05) is 0 Å². The van der Waals surface area contributed by atoms with Crippen LogP contribution in [0.4, 0.5) is 4.39 Å². The van der Waals surface area contributed by atoms with Gasteiger partial charge in [-0.2, -0.15) is 5.10 Å². The Morgan fingerprint density at radius 2 is 2.46 bits per heavy atom. The topological polar surface area (TPSA) is 63.3 Å². The van der Waals surface area contributed by atoms with Crippen molar-refractivity contribution in [3.63, 3.8) is 0 Å². The lowest BCUT2D eigenvalue weighted by atomic mass is 10.4. The molecule has 1 aromatic heterocycles. The number of pyridine rings is 1. The molecular weight excluding hydrogens is 191 g/mol. The second-order valence-corrected chi connectivity index (χ2v) is 2.58. The Labute approximate surface area is 79.7 Å². The lowest BCUT2D eigenvalue weighted by molar-refractivity contribution is 0.621. The standard InChI is InChI=1S/C7H7FN4S/c8-5-1-2-6(10-3-5)4-11-12-7(9)13/h1-4H,(H3,9,12,13)/b11-4+. The van der Waals surface area contributed by atoms with Crippen LogP contribution < -0.4 is 11.2 Å². The van der Waals surface area contributed by atoms with E-state index in [9.17, 15) is 4.39 Å². The lowest BCUT2D eigenvalue weighted by Crippen LogP contribution is -2.24. The molecule has 1 rings (SSSR count). The van der Waals surface area contributed by atoms with E-state index in [0.717, 1.165) is 6.20 Å². The molecule has 68 valence electrons. The van der Waals surface area contributed by atoms with E-state index in [4.69, 9.17) is 5.73 Å². The van der Waals surface area contributed by atoms with Crippen molar-refractivity contribution in [2.24, 2.45) is 10.8 Å². The molecule has 0 aliphatic carbocycles. The average Bonchev–Trinajstić information content (AvgIpc) is 2.08. The summed E-state index contributed by atoms with van der Waals surface area (Å²) in [7, 11) is 0. The number of thiocarbonyl (C=S) groups is 1. The third kappa shape index (κ3) is 3.57. The number of hydrazone groups is 1. The van der Waals surface area contributed by atoms with Gasteiger partial charge in [0.15, 0.2) is 5.11 Å². The molecule has 0 atom stereocenters. The Hall–Kier alpha value is -1.56. The summed E-state index contributed by atoms with van der Waals surface area (Å²) in [5.74, 6) is -0.389. The van der Waals surface area contributed by atoms with Gasteiger partial charge >= 0.3 is 0 Å². The highest BCUT2D eigenvalue weighted by molar-refractivity contribution is 7.80. The van der Waals surface area contributed by atoms with Crippen LogP contribution in [0, 0.1) is 5.82 Å². The first kappa shape index (κ1) is 9.53. The number of nitrogens with two attached hydrogens (primary N) is 1. The summed E-state index contributed by atoms with van der Waals surface area (Å²) in [6.45, 7) is 0. The summed E-state index contributed by atoms with van der Waals surface area (Å²) in [5, 5.41) is 3.71. The van der Waals surface area contributed by atoms with Gasteiger partial charge in [0.25, 0.3) is 0 Å². The summed E-state index contributed by atoms with van der Waals surface area (Å²) in [5.41, 5.74) is 7.98. The minimum absolute atomic E-state index is 0.0679. The molecule has 3 N–H and O–H groups in total. The van der Waals surface area contributed by atoms with E-state index in [1.165, 1.54) is 18.3 Å². The van der Waals surface area contributed by atoms with Crippen molar-refractivity contribution in [1.29, 1.82) is 0 Å². The molecule has 0 radical (unpaired) electrons. The Morgan fingerprint density at radius 3 is 3.00 bits per heavy atom. The third-order valence-corrected chi connectivity index (χ3v) is 1.21. The Bertz CT molecular complexity index is 322. The summed E-state index contributed by atoms with van der Waals surface area (Å²) in [6, 6.07) is 2.77. The van der Waals surface area contributed by atoms with Crippen molar-refractivity contribution in [2.45, 2.75) is 0 Å². The molecule has 0 bridgehead atoms. The molecule has 0 amide bonds. The van der Waals surface area contributed by atoms with Crippen LogP contribution in [0.3, 0.4) is 0 Å². The number of aromatic nitrogens is 1. The first-order valence-electron chi connectivity index (χ1n) is 3.38. The van der Waals surface area contributed by atoms with Gasteiger partial charge in [0.2, 0.25) is 0 Å². The first-order valence-corrected chi connectivity index (χ1v) is 3.79. The zero-order valence-corrected chi connectivity index (χ0v) is 7.38. The van der Waals surface area contributed by atoms with Crippen LogP contribution in [0.15, 0.2) is 23.4 Å². The Morgan fingerprint density at radius 1 is 1.69 bits per heavy atom. The maximum absolute atomic E-state index is 12.4. The van der Waals surface area contributed by atoms with Gasteiger partial charge in [-0.15, -0.1) is 0 Å². The largest absolute Gasteiger partial charge is 0.375 e. The third-order valence-electron chi connectivity index (χ3n) is 1.12. The fourth-order valence-corrected chi connectivity index (χ4v) is 0.678. The smallest absolute Gasteiger partial charge is 0.184 e. The summed E-state index contributed by atoms with van der Waals surface area (Å²) < 4.78 is 12.4. The van der Waals surface area contributed by atoms with Crippen LogP contribution >= 0.6 is 12.2 Å². The zero-order valence-electron chi connectivity index (χ0n) is 6.57.